The second kappa shape index (κ2) is 8.20. The zero-order valence-electron chi connectivity index (χ0n) is 15.0. The molecule has 0 aromatic carbocycles. The molecule has 1 amide bonds. The third kappa shape index (κ3) is 4.85. The Bertz CT molecular complexity index is 700. The molecular formula is C18H26N6O. The Morgan fingerprint density at radius 2 is 2.32 bits per heavy atom. The van der Waals surface area contributed by atoms with E-state index < -0.39 is 0 Å². The maximum absolute atomic E-state index is 11.5. The second-order valence-electron chi connectivity index (χ2n) is 6.64. The lowest BCUT2D eigenvalue weighted by molar-refractivity contribution is -0.120. The van der Waals surface area contributed by atoms with Gasteiger partial charge in [-0.1, -0.05) is 0 Å². The second-order valence-corrected chi connectivity index (χ2v) is 6.64. The molecule has 2 N–H and O–H groups in total. The lowest BCUT2D eigenvalue weighted by atomic mass is 9.96. The number of nitrogens with zero attached hydrogens (tertiary/aromatic N) is 4. The fourth-order valence-corrected chi connectivity index (χ4v) is 3.34. The number of hydrogen-bond donors (Lipinski definition) is 2. The van der Waals surface area contributed by atoms with Crippen LogP contribution in [0.25, 0.3) is 0 Å². The molecule has 0 unspecified atom stereocenters. The molecule has 2 aromatic rings. The maximum Gasteiger partial charge on any atom is 0.220 e. The van der Waals surface area contributed by atoms with Gasteiger partial charge in [0.25, 0.3) is 0 Å². The smallest absolute Gasteiger partial charge is 0.220 e. The summed E-state index contributed by atoms with van der Waals surface area (Å²) in [5, 5.41) is 2.66. The predicted octanol–water partition coefficient (Wildman–Crippen LogP) is 1.57. The molecule has 7 heteroatoms. The highest BCUT2D eigenvalue weighted by molar-refractivity contribution is 5.75. The first-order chi connectivity index (χ1) is 12.1. The van der Waals surface area contributed by atoms with E-state index in [1.807, 2.05) is 19.2 Å². The van der Waals surface area contributed by atoms with Crippen LogP contribution in [0.1, 0.15) is 48.2 Å². The lowest BCUT2D eigenvalue weighted by Crippen LogP contribution is -2.35. The zero-order chi connectivity index (χ0) is 17.6. The van der Waals surface area contributed by atoms with Gasteiger partial charge in [-0.05, 0) is 38.8 Å². The Kier molecular flexibility index (Phi) is 5.75. The van der Waals surface area contributed by atoms with E-state index in [0.717, 1.165) is 55.5 Å². The standard InChI is InChI=1S/C18H26N6O/c1-13-10-15(5-6-17(25)19-2)23-18(22-13)14-4-3-9-24(11-14)12-16-20-7-8-21-16/h7-8,10,14H,3-6,9,11-12H2,1-2H3,(H,19,25)(H,20,21)/t14-/m1/s1. The van der Waals surface area contributed by atoms with Gasteiger partial charge in [-0.2, -0.15) is 0 Å². The summed E-state index contributed by atoms with van der Waals surface area (Å²) in [4.78, 5) is 30.8. The predicted molar refractivity (Wildman–Crippen MR) is 95.0 cm³/mol. The van der Waals surface area contributed by atoms with Crippen molar-refractivity contribution in [3.63, 3.8) is 0 Å². The van der Waals surface area contributed by atoms with E-state index in [1.165, 1.54) is 0 Å². The number of aromatic nitrogens is 4. The highest BCUT2D eigenvalue weighted by Crippen LogP contribution is 2.25. The van der Waals surface area contributed by atoms with Crippen molar-refractivity contribution in [2.45, 2.75) is 45.1 Å². The van der Waals surface area contributed by atoms with Crippen LogP contribution in [0, 0.1) is 6.92 Å². The average molecular weight is 342 g/mol. The summed E-state index contributed by atoms with van der Waals surface area (Å²) in [6.45, 7) is 4.85. The minimum absolute atomic E-state index is 0.0418. The van der Waals surface area contributed by atoms with Gasteiger partial charge in [0, 0.05) is 49.7 Å². The molecule has 1 saturated heterocycles. The van der Waals surface area contributed by atoms with Crippen molar-refractivity contribution in [3.05, 3.63) is 41.5 Å². The summed E-state index contributed by atoms with van der Waals surface area (Å²) in [6.07, 6.45) is 7.00. The van der Waals surface area contributed by atoms with Crippen LogP contribution in [-0.2, 0) is 17.8 Å². The van der Waals surface area contributed by atoms with Crippen molar-refractivity contribution < 1.29 is 4.79 Å². The molecule has 1 atom stereocenters. The zero-order valence-corrected chi connectivity index (χ0v) is 15.0. The largest absolute Gasteiger partial charge is 0.359 e. The van der Waals surface area contributed by atoms with Crippen LogP contribution in [0.3, 0.4) is 0 Å². The SMILES string of the molecule is CNC(=O)CCc1cc(C)nc([C@@H]2CCCN(Cc3ncc[nH]3)C2)n1. The molecule has 1 aliphatic rings. The van der Waals surface area contributed by atoms with Crippen LogP contribution in [0.5, 0.6) is 0 Å². The number of rotatable bonds is 6. The molecular weight excluding hydrogens is 316 g/mol. The molecule has 3 heterocycles. The molecule has 2 aromatic heterocycles. The Balaban J connectivity index is 1.67. The monoisotopic (exact) mass is 342 g/mol. The Morgan fingerprint density at radius 1 is 1.44 bits per heavy atom. The molecule has 25 heavy (non-hydrogen) atoms. The first kappa shape index (κ1) is 17.5. The maximum atomic E-state index is 11.5. The van der Waals surface area contributed by atoms with E-state index in [4.69, 9.17) is 4.98 Å². The summed E-state index contributed by atoms with van der Waals surface area (Å²) in [6, 6.07) is 1.98. The van der Waals surface area contributed by atoms with Crippen molar-refractivity contribution in [1.29, 1.82) is 0 Å². The normalized spacial score (nSPS) is 18.2. The minimum atomic E-state index is 0.0418. The number of amides is 1. The van der Waals surface area contributed by atoms with E-state index in [0.29, 0.717) is 18.8 Å². The molecule has 3 rings (SSSR count). The number of hydrogen-bond acceptors (Lipinski definition) is 5. The molecule has 134 valence electrons. The van der Waals surface area contributed by atoms with Gasteiger partial charge >= 0.3 is 0 Å². The van der Waals surface area contributed by atoms with Crippen LogP contribution in [0.4, 0.5) is 0 Å². The molecule has 0 radical (unpaired) electrons. The number of piperidine rings is 1. The van der Waals surface area contributed by atoms with Crippen LogP contribution in [0.2, 0.25) is 0 Å². The van der Waals surface area contributed by atoms with Gasteiger partial charge < -0.3 is 10.3 Å². The Labute approximate surface area is 148 Å². The van der Waals surface area contributed by atoms with E-state index in [9.17, 15) is 4.79 Å². The summed E-state index contributed by atoms with van der Waals surface area (Å²) < 4.78 is 0. The summed E-state index contributed by atoms with van der Waals surface area (Å²) in [5.74, 6) is 2.29. The van der Waals surface area contributed by atoms with Crippen molar-refractivity contribution >= 4 is 5.91 Å². The number of nitrogens with one attached hydrogen (secondary N) is 2. The van der Waals surface area contributed by atoms with Crippen LogP contribution < -0.4 is 5.32 Å². The van der Waals surface area contributed by atoms with Crippen molar-refractivity contribution in [2.75, 3.05) is 20.1 Å². The highest BCUT2D eigenvalue weighted by Gasteiger charge is 2.24. The molecule has 0 saturated carbocycles. The molecule has 1 aliphatic heterocycles. The molecule has 0 aliphatic carbocycles. The van der Waals surface area contributed by atoms with Gasteiger partial charge in [0.1, 0.15) is 11.6 Å². The quantitative estimate of drug-likeness (QED) is 0.832. The highest BCUT2D eigenvalue weighted by atomic mass is 16.1. The third-order valence-electron chi connectivity index (χ3n) is 4.61. The first-order valence-corrected chi connectivity index (χ1v) is 8.89. The van der Waals surface area contributed by atoms with Gasteiger partial charge in [0.15, 0.2) is 0 Å². The fourth-order valence-electron chi connectivity index (χ4n) is 3.34. The lowest BCUT2D eigenvalue weighted by Gasteiger charge is -2.31. The average Bonchev–Trinajstić information content (AvgIpc) is 3.12. The molecule has 0 spiro atoms. The van der Waals surface area contributed by atoms with Gasteiger partial charge in [-0.15, -0.1) is 0 Å². The summed E-state index contributed by atoms with van der Waals surface area (Å²) >= 11 is 0. The van der Waals surface area contributed by atoms with E-state index in [1.54, 1.807) is 13.2 Å². The molecule has 0 bridgehead atoms. The van der Waals surface area contributed by atoms with Crippen LogP contribution in [0.15, 0.2) is 18.5 Å². The van der Waals surface area contributed by atoms with E-state index >= 15 is 0 Å². The topological polar surface area (TPSA) is 86.8 Å². The Morgan fingerprint density at radius 3 is 3.08 bits per heavy atom. The third-order valence-corrected chi connectivity index (χ3v) is 4.61. The number of carbonyl (C=O) groups excluding carboxylic acids is 1. The number of H-pyrrole nitrogens is 1. The Hall–Kier alpha value is -2.28. The van der Waals surface area contributed by atoms with E-state index in [-0.39, 0.29) is 5.91 Å². The minimum Gasteiger partial charge on any atom is -0.359 e. The number of aryl methyl sites for hydroxylation is 2. The fraction of sp³-hybridized carbons (Fsp3) is 0.556. The van der Waals surface area contributed by atoms with Gasteiger partial charge in [0.2, 0.25) is 5.91 Å². The number of aromatic amines is 1. The van der Waals surface area contributed by atoms with Crippen molar-refractivity contribution in [1.82, 2.24) is 30.2 Å². The number of imidazole rings is 1. The number of carbonyl (C=O) groups is 1. The summed E-state index contributed by atoms with van der Waals surface area (Å²) in [7, 11) is 1.66. The van der Waals surface area contributed by atoms with Crippen LogP contribution in [-0.4, -0.2) is 50.9 Å². The first-order valence-electron chi connectivity index (χ1n) is 8.89. The van der Waals surface area contributed by atoms with Gasteiger partial charge in [0.05, 0.1) is 6.54 Å². The van der Waals surface area contributed by atoms with Gasteiger partial charge in [-0.25, -0.2) is 15.0 Å². The number of likely N-dealkylation sites (tertiary alicyclic amines) is 1. The summed E-state index contributed by atoms with van der Waals surface area (Å²) in [5.41, 5.74) is 1.93. The van der Waals surface area contributed by atoms with Crippen LogP contribution >= 0.6 is 0 Å². The van der Waals surface area contributed by atoms with Gasteiger partial charge in [-0.3, -0.25) is 9.69 Å². The van der Waals surface area contributed by atoms with Crippen molar-refractivity contribution in [2.24, 2.45) is 0 Å². The molecule has 7 nitrogen and oxygen atoms in total. The van der Waals surface area contributed by atoms with Crippen molar-refractivity contribution in [3.8, 4) is 0 Å². The van der Waals surface area contributed by atoms with E-state index in [2.05, 4.69) is 25.2 Å². The molecule has 1 fully saturated rings.